The van der Waals surface area contributed by atoms with Gasteiger partial charge in [0.1, 0.15) is 6.29 Å². The Morgan fingerprint density at radius 1 is 1.33 bits per heavy atom. The Bertz CT molecular complexity index is 419. The normalized spacial score (nSPS) is 20.8. The maximum absolute atomic E-state index is 12.3. The Kier molecular flexibility index (Phi) is 3.49. The fraction of sp³-hybridized carbons (Fsp3) is 0.545. The van der Waals surface area contributed by atoms with Crippen molar-refractivity contribution >= 4 is 12.1 Å². The number of anilines is 1. The number of hydrogen-bond donors (Lipinski definition) is 0. The van der Waals surface area contributed by atoms with E-state index < -0.39 is 11.9 Å². The van der Waals surface area contributed by atoms with E-state index in [9.17, 15) is 18.0 Å². The Balaban J connectivity index is 2.12. The molecule has 18 heavy (non-hydrogen) atoms. The van der Waals surface area contributed by atoms with Crippen LogP contribution in [0.1, 0.15) is 18.5 Å². The molecule has 1 saturated heterocycles. The zero-order valence-electron chi connectivity index (χ0n) is 9.52. The molecule has 0 aliphatic carbocycles. The van der Waals surface area contributed by atoms with E-state index >= 15 is 0 Å². The molecule has 1 unspecified atom stereocenters. The number of carbonyl (C=O) groups is 1. The molecule has 0 spiro atoms. The summed E-state index contributed by atoms with van der Waals surface area (Å²) in [5.41, 5.74) is -1.00. The van der Waals surface area contributed by atoms with Crippen LogP contribution in [0.4, 0.5) is 19.0 Å². The van der Waals surface area contributed by atoms with E-state index in [0.717, 1.165) is 25.2 Å². The Morgan fingerprint density at radius 2 is 2.11 bits per heavy atom. The van der Waals surface area contributed by atoms with E-state index in [2.05, 4.69) is 10.2 Å². The van der Waals surface area contributed by atoms with Crippen LogP contribution in [0.3, 0.4) is 0 Å². The lowest BCUT2D eigenvalue weighted by atomic mass is 10.00. The van der Waals surface area contributed by atoms with E-state index in [0.29, 0.717) is 18.9 Å². The number of carbonyl (C=O) groups excluding carboxylic acids is 1. The van der Waals surface area contributed by atoms with E-state index in [1.54, 1.807) is 4.90 Å². The zero-order chi connectivity index (χ0) is 13.2. The van der Waals surface area contributed by atoms with E-state index in [1.807, 2.05) is 0 Å². The monoisotopic (exact) mass is 259 g/mol. The van der Waals surface area contributed by atoms with Gasteiger partial charge in [-0.05, 0) is 25.0 Å². The van der Waals surface area contributed by atoms with Crippen molar-refractivity contribution < 1.29 is 18.0 Å². The molecule has 4 nitrogen and oxygen atoms in total. The van der Waals surface area contributed by atoms with Crippen LogP contribution >= 0.6 is 0 Å². The third-order valence-corrected chi connectivity index (χ3v) is 2.92. The van der Waals surface area contributed by atoms with Crippen LogP contribution in [0.5, 0.6) is 0 Å². The SMILES string of the molecule is O=CC1CCCN(c2ccc(C(F)(F)F)nn2)C1. The number of halogens is 3. The van der Waals surface area contributed by atoms with Gasteiger partial charge in [0, 0.05) is 19.0 Å². The van der Waals surface area contributed by atoms with E-state index in [-0.39, 0.29) is 5.92 Å². The minimum Gasteiger partial charge on any atom is -0.354 e. The van der Waals surface area contributed by atoms with Gasteiger partial charge >= 0.3 is 6.18 Å². The van der Waals surface area contributed by atoms with Crippen LogP contribution in [0, 0.1) is 5.92 Å². The lowest BCUT2D eigenvalue weighted by Gasteiger charge is -2.30. The molecule has 2 heterocycles. The number of piperidine rings is 1. The van der Waals surface area contributed by atoms with Crippen molar-refractivity contribution in [3.8, 4) is 0 Å². The van der Waals surface area contributed by atoms with Crippen LogP contribution in [0.25, 0.3) is 0 Å². The fourth-order valence-electron chi connectivity index (χ4n) is 1.97. The summed E-state index contributed by atoms with van der Waals surface area (Å²) >= 11 is 0. The van der Waals surface area contributed by atoms with Crippen molar-refractivity contribution in [2.24, 2.45) is 5.92 Å². The number of nitrogens with zero attached hydrogens (tertiary/aromatic N) is 3. The molecule has 1 aliphatic rings. The second kappa shape index (κ2) is 4.91. The van der Waals surface area contributed by atoms with Gasteiger partial charge < -0.3 is 9.69 Å². The highest BCUT2D eigenvalue weighted by molar-refractivity contribution is 5.56. The molecule has 0 N–H and O–H groups in total. The highest BCUT2D eigenvalue weighted by Gasteiger charge is 2.33. The molecular formula is C11H12F3N3O. The molecule has 2 rings (SSSR count). The largest absolute Gasteiger partial charge is 0.435 e. The van der Waals surface area contributed by atoms with Gasteiger partial charge in [0.05, 0.1) is 0 Å². The molecule has 1 fully saturated rings. The van der Waals surface area contributed by atoms with Crippen LogP contribution < -0.4 is 4.90 Å². The molecule has 0 aromatic carbocycles. The van der Waals surface area contributed by atoms with Gasteiger partial charge in [0.15, 0.2) is 11.5 Å². The van der Waals surface area contributed by atoms with Gasteiger partial charge in [-0.3, -0.25) is 0 Å². The van der Waals surface area contributed by atoms with Crippen LogP contribution in [-0.4, -0.2) is 29.6 Å². The van der Waals surface area contributed by atoms with Gasteiger partial charge in [-0.1, -0.05) is 0 Å². The predicted octanol–water partition coefficient (Wildman–Crippen LogP) is 1.91. The summed E-state index contributed by atoms with van der Waals surface area (Å²) in [6, 6.07) is 2.20. The first-order valence-electron chi connectivity index (χ1n) is 5.62. The summed E-state index contributed by atoms with van der Waals surface area (Å²) in [6.45, 7) is 1.17. The maximum atomic E-state index is 12.3. The molecule has 7 heteroatoms. The number of aromatic nitrogens is 2. The summed E-state index contributed by atoms with van der Waals surface area (Å²) in [6.07, 6.45) is -1.96. The average molecular weight is 259 g/mol. The third-order valence-electron chi connectivity index (χ3n) is 2.92. The summed E-state index contributed by atoms with van der Waals surface area (Å²) in [4.78, 5) is 12.5. The quantitative estimate of drug-likeness (QED) is 0.761. The van der Waals surface area contributed by atoms with E-state index in [4.69, 9.17) is 0 Å². The number of aldehydes is 1. The summed E-state index contributed by atoms with van der Waals surface area (Å²) in [5.74, 6) is 0.303. The first kappa shape index (κ1) is 12.8. The maximum Gasteiger partial charge on any atom is 0.435 e. The summed E-state index contributed by atoms with van der Waals surface area (Å²) < 4.78 is 36.9. The number of alkyl halides is 3. The van der Waals surface area contributed by atoms with E-state index in [1.165, 1.54) is 6.07 Å². The van der Waals surface area contributed by atoms with Gasteiger partial charge in [-0.25, -0.2) is 0 Å². The molecular weight excluding hydrogens is 247 g/mol. The lowest BCUT2D eigenvalue weighted by Crippen LogP contribution is -2.36. The van der Waals surface area contributed by atoms with Crippen LogP contribution in [0.2, 0.25) is 0 Å². The van der Waals surface area contributed by atoms with Crippen molar-refractivity contribution in [2.45, 2.75) is 19.0 Å². The molecule has 1 aliphatic heterocycles. The minimum absolute atomic E-state index is 0.0807. The van der Waals surface area contributed by atoms with Crippen molar-refractivity contribution in [3.63, 3.8) is 0 Å². The van der Waals surface area contributed by atoms with Gasteiger partial charge in [0.25, 0.3) is 0 Å². The molecule has 1 atom stereocenters. The van der Waals surface area contributed by atoms with Crippen molar-refractivity contribution in [2.75, 3.05) is 18.0 Å². The van der Waals surface area contributed by atoms with Crippen molar-refractivity contribution in [3.05, 3.63) is 17.8 Å². The zero-order valence-corrected chi connectivity index (χ0v) is 9.52. The molecule has 0 amide bonds. The molecule has 1 aromatic rings. The second-order valence-electron chi connectivity index (χ2n) is 4.26. The number of hydrogen-bond acceptors (Lipinski definition) is 4. The third kappa shape index (κ3) is 2.77. The molecule has 0 bridgehead atoms. The topological polar surface area (TPSA) is 46.1 Å². The molecule has 1 aromatic heterocycles. The highest BCUT2D eigenvalue weighted by atomic mass is 19.4. The van der Waals surface area contributed by atoms with Crippen LogP contribution in [0.15, 0.2) is 12.1 Å². The standard InChI is InChI=1S/C11H12F3N3O/c12-11(13,14)9-3-4-10(16-15-9)17-5-1-2-8(6-17)7-18/h3-4,7-8H,1-2,5-6H2. The Morgan fingerprint density at radius 3 is 2.67 bits per heavy atom. The smallest absolute Gasteiger partial charge is 0.354 e. The second-order valence-corrected chi connectivity index (χ2v) is 4.26. The summed E-state index contributed by atoms with van der Waals surface area (Å²) in [5, 5.41) is 6.75. The van der Waals surface area contributed by atoms with Gasteiger partial charge in [0.2, 0.25) is 0 Å². The predicted molar refractivity (Wildman–Crippen MR) is 58.0 cm³/mol. The average Bonchev–Trinajstić information content (AvgIpc) is 2.38. The lowest BCUT2D eigenvalue weighted by molar-refractivity contribution is -0.141. The van der Waals surface area contributed by atoms with Gasteiger partial charge in [-0.2, -0.15) is 13.2 Å². The minimum atomic E-state index is -4.47. The first-order valence-corrected chi connectivity index (χ1v) is 5.62. The van der Waals surface area contributed by atoms with Crippen LogP contribution in [-0.2, 0) is 11.0 Å². The first-order chi connectivity index (χ1) is 8.50. The number of rotatable bonds is 2. The Labute approximate surface area is 102 Å². The Hall–Kier alpha value is -1.66. The van der Waals surface area contributed by atoms with Gasteiger partial charge in [-0.15, -0.1) is 10.2 Å². The highest BCUT2D eigenvalue weighted by Crippen LogP contribution is 2.28. The molecule has 0 radical (unpaired) electrons. The summed E-state index contributed by atoms with van der Waals surface area (Å²) in [7, 11) is 0. The molecule has 0 saturated carbocycles. The fourth-order valence-corrected chi connectivity index (χ4v) is 1.97. The van der Waals surface area contributed by atoms with Crippen molar-refractivity contribution in [1.82, 2.24) is 10.2 Å². The molecule has 98 valence electrons. The van der Waals surface area contributed by atoms with Crippen molar-refractivity contribution in [1.29, 1.82) is 0 Å².